The van der Waals surface area contributed by atoms with Gasteiger partial charge >= 0.3 is 0 Å². The summed E-state index contributed by atoms with van der Waals surface area (Å²) in [6, 6.07) is 8.27. The molecule has 3 rings (SSSR count). The van der Waals surface area contributed by atoms with Gasteiger partial charge < -0.3 is 9.64 Å². The summed E-state index contributed by atoms with van der Waals surface area (Å²) in [5.74, 6) is 0.903. The minimum absolute atomic E-state index is 0.867. The highest BCUT2D eigenvalue weighted by molar-refractivity contribution is 5.81. The molecule has 0 bridgehead atoms. The van der Waals surface area contributed by atoms with Crippen LogP contribution in [-0.4, -0.2) is 31.3 Å². The van der Waals surface area contributed by atoms with Crippen LogP contribution in [0.4, 0.5) is 0 Å². The van der Waals surface area contributed by atoms with Crippen molar-refractivity contribution in [3.63, 3.8) is 0 Å². The van der Waals surface area contributed by atoms with Crippen LogP contribution in [0, 0.1) is 0 Å². The molecule has 0 N–H and O–H groups in total. The van der Waals surface area contributed by atoms with E-state index in [2.05, 4.69) is 40.9 Å². The molecule has 0 atom stereocenters. The number of hydrogen-bond acceptors (Lipinski definition) is 3. The molecular weight excluding hydrogens is 260 g/mol. The molecule has 2 aliphatic heterocycles. The SMILES string of the molecule is C=C1C=C2C=NCCN2C=C1CCc1ccc(OC)cc1. The predicted octanol–water partition coefficient (Wildman–Crippen LogP) is 3.35. The van der Waals surface area contributed by atoms with Gasteiger partial charge in [-0.2, -0.15) is 0 Å². The predicted molar refractivity (Wildman–Crippen MR) is 86.7 cm³/mol. The number of aryl methyl sites for hydroxylation is 1. The Kier molecular flexibility index (Phi) is 3.91. The summed E-state index contributed by atoms with van der Waals surface area (Å²) in [5.41, 5.74) is 4.88. The van der Waals surface area contributed by atoms with Crippen LogP contribution in [0.1, 0.15) is 12.0 Å². The fourth-order valence-corrected chi connectivity index (χ4v) is 2.62. The van der Waals surface area contributed by atoms with E-state index in [0.29, 0.717) is 0 Å². The molecule has 0 radical (unpaired) electrons. The van der Waals surface area contributed by atoms with Gasteiger partial charge in [0.25, 0.3) is 0 Å². The second-order valence-corrected chi connectivity index (χ2v) is 5.33. The van der Waals surface area contributed by atoms with Crippen LogP contribution in [0.3, 0.4) is 0 Å². The third-order valence-electron chi connectivity index (χ3n) is 3.91. The molecule has 0 spiro atoms. The number of rotatable bonds is 4. The molecule has 108 valence electrons. The largest absolute Gasteiger partial charge is 0.497 e. The lowest BCUT2D eigenvalue weighted by molar-refractivity contribution is 0.414. The van der Waals surface area contributed by atoms with E-state index in [0.717, 1.165) is 43.0 Å². The molecular formula is C18H20N2O. The average molecular weight is 280 g/mol. The summed E-state index contributed by atoms with van der Waals surface area (Å²) in [6.07, 6.45) is 8.31. The van der Waals surface area contributed by atoms with Crippen molar-refractivity contribution >= 4 is 6.21 Å². The van der Waals surface area contributed by atoms with Crippen molar-refractivity contribution in [2.24, 2.45) is 4.99 Å². The quantitative estimate of drug-likeness (QED) is 0.845. The molecule has 0 amide bonds. The maximum Gasteiger partial charge on any atom is 0.118 e. The van der Waals surface area contributed by atoms with Crippen LogP contribution >= 0.6 is 0 Å². The van der Waals surface area contributed by atoms with Gasteiger partial charge in [0.1, 0.15) is 5.75 Å². The molecule has 0 aliphatic carbocycles. The third-order valence-corrected chi connectivity index (χ3v) is 3.91. The molecule has 0 saturated carbocycles. The van der Waals surface area contributed by atoms with Gasteiger partial charge in [0, 0.05) is 19.0 Å². The Morgan fingerprint density at radius 3 is 2.81 bits per heavy atom. The van der Waals surface area contributed by atoms with Crippen LogP contribution in [0.25, 0.3) is 0 Å². The number of methoxy groups -OCH3 is 1. The van der Waals surface area contributed by atoms with Crippen LogP contribution < -0.4 is 4.74 Å². The normalized spacial score (nSPS) is 17.2. The zero-order valence-electron chi connectivity index (χ0n) is 12.4. The number of ether oxygens (including phenoxy) is 1. The van der Waals surface area contributed by atoms with Gasteiger partial charge in [-0.05, 0) is 47.8 Å². The molecule has 3 nitrogen and oxygen atoms in total. The topological polar surface area (TPSA) is 24.8 Å². The van der Waals surface area contributed by atoms with Crippen molar-refractivity contribution in [1.82, 2.24) is 4.90 Å². The summed E-state index contributed by atoms with van der Waals surface area (Å²) in [6.45, 7) is 6.00. The molecule has 21 heavy (non-hydrogen) atoms. The number of aliphatic imine (C=N–C) groups is 1. The molecule has 1 aromatic carbocycles. The zero-order valence-corrected chi connectivity index (χ0v) is 12.4. The van der Waals surface area contributed by atoms with E-state index in [4.69, 9.17) is 4.74 Å². The number of benzene rings is 1. The van der Waals surface area contributed by atoms with E-state index in [1.165, 1.54) is 11.1 Å². The van der Waals surface area contributed by atoms with Crippen molar-refractivity contribution in [3.05, 3.63) is 65.5 Å². The van der Waals surface area contributed by atoms with E-state index in [9.17, 15) is 0 Å². The Morgan fingerprint density at radius 2 is 2.05 bits per heavy atom. The van der Waals surface area contributed by atoms with E-state index < -0.39 is 0 Å². The first-order valence-corrected chi connectivity index (χ1v) is 7.27. The number of allylic oxidation sites excluding steroid dienone is 4. The van der Waals surface area contributed by atoms with E-state index >= 15 is 0 Å². The molecule has 0 aromatic heterocycles. The van der Waals surface area contributed by atoms with Crippen LogP contribution in [-0.2, 0) is 6.42 Å². The second kappa shape index (κ2) is 6.00. The van der Waals surface area contributed by atoms with Crippen molar-refractivity contribution in [1.29, 1.82) is 0 Å². The molecule has 0 unspecified atom stereocenters. The Morgan fingerprint density at radius 1 is 1.24 bits per heavy atom. The van der Waals surface area contributed by atoms with E-state index in [1.54, 1.807) is 7.11 Å². The molecule has 0 saturated heterocycles. The summed E-state index contributed by atoms with van der Waals surface area (Å²) in [4.78, 5) is 6.58. The Bertz CT molecular complexity index is 623. The molecule has 3 heteroatoms. The lowest BCUT2D eigenvalue weighted by atomic mass is 9.96. The van der Waals surface area contributed by atoms with Crippen LogP contribution in [0.15, 0.2) is 65.0 Å². The van der Waals surface area contributed by atoms with Gasteiger partial charge in [-0.3, -0.25) is 4.99 Å². The zero-order chi connectivity index (χ0) is 14.7. The average Bonchev–Trinajstić information content (AvgIpc) is 2.53. The van der Waals surface area contributed by atoms with Gasteiger partial charge in [-0.1, -0.05) is 18.7 Å². The second-order valence-electron chi connectivity index (χ2n) is 5.33. The molecule has 1 aromatic rings. The minimum Gasteiger partial charge on any atom is -0.497 e. The monoisotopic (exact) mass is 280 g/mol. The molecule has 0 fully saturated rings. The number of hydrogen-bond donors (Lipinski definition) is 0. The lowest BCUT2D eigenvalue weighted by Crippen LogP contribution is -2.27. The third kappa shape index (κ3) is 3.07. The summed E-state index contributed by atoms with van der Waals surface area (Å²) >= 11 is 0. The van der Waals surface area contributed by atoms with Crippen molar-refractivity contribution in [3.8, 4) is 5.75 Å². The standard InChI is InChI=1S/C18H20N2O/c1-14-11-17-12-19-9-10-20(17)13-16(14)6-3-15-4-7-18(21-2)8-5-15/h4-5,7-8,11-13H,1,3,6,9-10H2,2H3. The first-order valence-electron chi connectivity index (χ1n) is 7.27. The van der Waals surface area contributed by atoms with Gasteiger partial charge in [-0.15, -0.1) is 0 Å². The van der Waals surface area contributed by atoms with Gasteiger partial charge in [0.2, 0.25) is 0 Å². The fraction of sp³-hybridized carbons (Fsp3) is 0.278. The highest BCUT2D eigenvalue weighted by Crippen LogP contribution is 2.26. The number of nitrogens with zero attached hydrogens (tertiary/aromatic N) is 2. The van der Waals surface area contributed by atoms with Crippen molar-refractivity contribution in [2.45, 2.75) is 12.8 Å². The smallest absolute Gasteiger partial charge is 0.118 e. The summed E-state index contributed by atoms with van der Waals surface area (Å²) < 4.78 is 5.19. The van der Waals surface area contributed by atoms with Crippen molar-refractivity contribution < 1.29 is 4.74 Å². The molecule has 2 heterocycles. The van der Waals surface area contributed by atoms with Crippen LogP contribution in [0.5, 0.6) is 5.75 Å². The maximum atomic E-state index is 5.19. The first kappa shape index (κ1) is 13.7. The minimum atomic E-state index is 0.867. The van der Waals surface area contributed by atoms with Gasteiger partial charge in [0.05, 0.1) is 19.4 Å². The first-order chi connectivity index (χ1) is 10.3. The fourth-order valence-electron chi connectivity index (χ4n) is 2.62. The van der Waals surface area contributed by atoms with E-state index in [1.807, 2.05) is 18.3 Å². The maximum absolute atomic E-state index is 5.19. The highest BCUT2D eigenvalue weighted by Gasteiger charge is 2.16. The summed E-state index contributed by atoms with van der Waals surface area (Å²) in [5, 5.41) is 0. The highest BCUT2D eigenvalue weighted by atomic mass is 16.5. The Hall–Kier alpha value is -2.29. The van der Waals surface area contributed by atoms with Gasteiger partial charge in [0.15, 0.2) is 0 Å². The Balaban J connectivity index is 1.66. The number of fused-ring (bicyclic) bond motifs is 1. The van der Waals surface area contributed by atoms with Crippen LogP contribution in [0.2, 0.25) is 0 Å². The Labute approximate surface area is 125 Å². The lowest BCUT2D eigenvalue weighted by Gasteiger charge is -2.29. The van der Waals surface area contributed by atoms with Gasteiger partial charge in [-0.25, -0.2) is 0 Å². The summed E-state index contributed by atoms with van der Waals surface area (Å²) in [7, 11) is 1.69. The van der Waals surface area contributed by atoms with Crippen molar-refractivity contribution in [2.75, 3.05) is 20.2 Å². The molecule has 2 aliphatic rings. The van der Waals surface area contributed by atoms with E-state index in [-0.39, 0.29) is 0 Å².